The lowest BCUT2D eigenvalue weighted by molar-refractivity contribution is -0.109. The first-order chi connectivity index (χ1) is 14.8. The average Bonchev–Trinajstić information content (AvgIpc) is 3.19. The summed E-state index contributed by atoms with van der Waals surface area (Å²) in [5, 5.41) is 3.20. The molecule has 1 N–H and O–H groups in total. The zero-order valence-corrected chi connectivity index (χ0v) is 17.9. The maximum Gasteiger partial charge on any atom is 0.250 e. The van der Waals surface area contributed by atoms with Gasteiger partial charge in [0.05, 0.1) is 11.9 Å². The first-order valence-corrected chi connectivity index (χ1v) is 9.81. The standard InChI is InChI=1S/C14H11N3O.C6H11F2N.C2H5NO/c1-10-4-13(8-15-6-10)17-3-2-12-5-11(9-18)7-16-14(12)17;1-9-4-2-6(7,8)3-5-9;1-3-2-4/h2-9H,1H3;2-5H2,1H3;2H,1H3,(H,3,4). The number of piperidine rings is 1. The van der Waals surface area contributed by atoms with E-state index in [1.807, 2.05) is 54.0 Å². The summed E-state index contributed by atoms with van der Waals surface area (Å²) in [5.41, 5.74) is 3.48. The second kappa shape index (κ2) is 11.3. The van der Waals surface area contributed by atoms with Gasteiger partial charge in [-0.3, -0.25) is 19.1 Å². The van der Waals surface area contributed by atoms with Gasteiger partial charge in [-0.1, -0.05) is 0 Å². The van der Waals surface area contributed by atoms with Crippen molar-refractivity contribution in [3.63, 3.8) is 0 Å². The number of rotatable bonds is 3. The number of carbonyl (C=O) groups is 2. The van der Waals surface area contributed by atoms with E-state index in [1.165, 1.54) is 0 Å². The van der Waals surface area contributed by atoms with Gasteiger partial charge < -0.3 is 10.2 Å². The fraction of sp³-hybridized carbons (Fsp3) is 0.364. The quantitative estimate of drug-likeness (QED) is 0.644. The Morgan fingerprint density at radius 1 is 1.13 bits per heavy atom. The molecular weight excluding hydrogens is 404 g/mol. The van der Waals surface area contributed by atoms with Gasteiger partial charge in [-0.05, 0) is 37.7 Å². The largest absolute Gasteiger partial charge is 0.362 e. The van der Waals surface area contributed by atoms with Crippen molar-refractivity contribution in [2.45, 2.75) is 25.7 Å². The van der Waals surface area contributed by atoms with Gasteiger partial charge in [0, 0.05) is 62.5 Å². The lowest BCUT2D eigenvalue weighted by Crippen LogP contribution is -2.36. The van der Waals surface area contributed by atoms with Crippen LogP contribution in [0.3, 0.4) is 0 Å². The van der Waals surface area contributed by atoms with Crippen LogP contribution in [-0.2, 0) is 4.79 Å². The summed E-state index contributed by atoms with van der Waals surface area (Å²) in [6.07, 6.45) is 8.61. The molecule has 3 aromatic heterocycles. The van der Waals surface area contributed by atoms with Crippen LogP contribution in [0.2, 0.25) is 0 Å². The molecule has 1 fully saturated rings. The van der Waals surface area contributed by atoms with Crippen molar-refractivity contribution in [2.75, 3.05) is 27.2 Å². The van der Waals surface area contributed by atoms with Gasteiger partial charge in [-0.2, -0.15) is 0 Å². The summed E-state index contributed by atoms with van der Waals surface area (Å²) in [7, 11) is 3.43. The SMILES string of the molecule is CN1CCC(F)(F)CC1.CNC=O.Cc1cncc(-n2ccc3cc(C=O)cnc32)c1. The summed E-state index contributed by atoms with van der Waals surface area (Å²) in [4.78, 5) is 30.2. The van der Waals surface area contributed by atoms with Crippen molar-refractivity contribution in [3.05, 3.63) is 54.1 Å². The zero-order chi connectivity index (χ0) is 22.9. The Kier molecular flexibility index (Phi) is 8.75. The van der Waals surface area contributed by atoms with E-state index in [9.17, 15) is 13.6 Å². The lowest BCUT2D eigenvalue weighted by atomic mass is 10.1. The highest BCUT2D eigenvalue weighted by Crippen LogP contribution is 2.26. The van der Waals surface area contributed by atoms with E-state index in [0.717, 1.165) is 28.6 Å². The number of aromatic nitrogens is 3. The van der Waals surface area contributed by atoms with E-state index in [0.29, 0.717) is 25.1 Å². The minimum absolute atomic E-state index is 0.0312. The molecule has 0 aromatic carbocycles. The highest BCUT2D eigenvalue weighted by atomic mass is 19.3. The summed E-state index contributed by atoms with van der Waals surface area (Å²) >= 11 is 0. The molecule has 0 radical (unpaired) electrons. The number of hydrogen-bond donors (Lipinski definition) is 1. The fourth-order valence-electron chi connectivity index (χ4n) is 2.93. The number of halogens is 2. The molecule has 9 heteroatoms. The second-order valence-electron chi connectivity index (χ2n) is 7.27. The molecule has 0 bridgehead atoms. The third-order valence-corrected chi connectivity index (χ3v) is 4.66. The molecule has 31 heavy (non-hydrogen) atoms. The Balaban J connectivity index is 0.000000220. The number of aryl methyl sites for hydroxylation is 1. The van der Waals surface area contributed by atoms with Crippen LogP contribution in [0, 0.1) is 6.92 Å². The van der Waals surface area contributed by atoms with Gasteiger partial charge in [-0.15, -0.1) is 0 Å². The molecule has 4 rings (SSSR count). The van der Waals surface area contributed by atoms with Crippen molar-refractivity contribution in [1.82, 2.24) is 24.8 Å². The van der Waals surface area contributed by atoms with Crippen molar-refractivity contribution >= 4 is 23.7 Å². The Labute approximate surface area is 180 Å². The molecule has 0 saturated carbocycles. The second-order valence-corrected chi connectivity index (χ2v) is 7.27. The van der Waals surface area contributed by atoms with Crippen LogP contribution < -0.4 is 5.32 Å². The Hall–Kier alpha value is -3.20. The number of nitrogens with zero attached hydrogens (tertiary/aromatic N) is 4. The topological polar surface area (TPSA) is 80.1 Å². The maximum absolute atomic E-state index is 12.4. The lowest BCUT2D eigenvalue weighted by Gasteiger charge is -2.28. The van der Waals surface area contributed by atoms with E-state index in [2.05, 4.69) is 15.3 Å². The van der Waals surface area contributed by atoms with Crippen LogP contribution in [0.5, 0.6) is 0 Å². The van der Waals surface area contributed by atoms with Crippen LogP contribution in [-0.4, -0.2) is 65.2 Å². The number of hydrogen-bond acceptors (Lipinski definition) is 5. The normalized spacial score (nSPS) is 15.1. The van der Waals surface area contributed by atoms with E-state index >= 15 is 0 Å². The van der Waals surface area contributed by atoms with Crippen LogP contribution in [0.1, 0.15) is 28.8 Å². The number of pyridine rings is 2. The van der Waals surface area contributed by atoms with Gasteiger partial charge in [0.2, 0.25) is 6.41 Å². The zero-order valence-electron chi connectivity index (χ0n) is 17.9. The summed E-state index contributed by atoms with van der Waals surface area (Å²) in [5.74, 6) is -2.38. The summed E-state index contributed by atoms with van der Waals surface area (Å²) in [6.45, 7) is 3.07. The molecule has 1 saturated heterocycles. The van der Waals surface area contributed by atoms with Gasteiger partial charge in [0.15, 0.2) is 6.29 Å². The molecule has 0 unspecified atom stereocenters. The van der Waals surface area contributed by atoms with Crippen molar-refractivity contribution in [3.8, 4) is 5.69 Å². The number of carbonyl (C=O) groups excluding carboxylic acids is 2. The fourth-order valence-corrected chi connectivity index (χ4v) is 2.93. The molecule has 1 amide bonds. The van der Waals surface area contributed by atoms with E-state index in [-0.39, 0.29) is 12.8 Å². The minimum atomic E-state index is -2.38. The van der Waals surface area contributed by atoms with Gasteiger partial charge in [-0.25, -0.2) is 13.8 Å². The van der Waals surface area contributed by atoms with E-state index in [1.54, 1.807) is 19.4 Å². The molecule has 1 aliphatic heterocycles. The number of nitrogens with one attached hydrogen (secondary N) is 1. The van der Waals surface area contributed by atoms with Gasteiger partial charge >= 0.3 is 0 Å². The van der Waals surface area contributed by atoms with Gasteiger partial charge in [0.25, 0.3) is 5.92 Å². The van der Waals surface area contributed by atoms with Crippen molar-refractivity contribution in [1.29, 1.82) is 0 Å². The minimum Gasteiger partial charge on any atom is -0.362 e. The molecule has 3 aromatic rings. The van der Waals surface area contributed by atoms with Crippen molar-refractivity contribution in [2.24, 2.45) is 0 Å². The first kappa shape index (κ1) is 24.1. The molecule has 1 aliphatic rings. The number of fused-ring (bicyclic) bond motifs is 1. The molecule has 0 atom stereocenters. The monoisotopic (exact) mass is 431 g/mol. The van der Waals surface area contributed by atoms with Crippen LogP contribution >= 0.6 is 0 Å². The Bertz CT molecular complexity index is 996. The van der Waals surface area contributed by atoms with Crippen LogP contribution in [0.4, 0.5) is 8.78 Å². The molecule has 7 nitrogen and oxygen atoms in total. The first-order valence-electron chi connectivity index (χ1n) is 9.81. The highest BCUT2D eigenvalue weighted by molar-refractivity contribution is 5.85. The maximum atomic E-state index is 12.4. The number of aldehydes is 1. The van der Waals surface area contributed by atoms with E-state index in [4.69, 9.17) is 4.79 Å². The smallest absolute Gasteiger partial charge is 0.250 e. The average molecular weight is 431 g/mol. The predicted molar refractivity (Wildman–Crippen MR) is 116 cm³/mol. The molecule has 0 spiro atoms. The van der Waals surface area contributed by atoms with Crippen LogP contribution in [0.25, 0.3) is 16.7 Å². The Morgan fingerprint density at radius 3 is 2.35 bits per heavy atom. The van der Waals surface area contributed by atoms with E-state index < -0.39 is 5.92 Å². The molecule has 0 aliphatic carbocycles. The molecule has 4 heterocycles. The highest BCUT2D eigenvalue weighted by Gasteiger charge is 2.32. The summed E-state index contributed by atoms with van der Waals surface area (Å²) < 4.78 is 26.7. The third kappa shape index (κ3) is 7.21. The number of likely N-dealkylation sites (tertiary alicyclic amines) is 1. The third-order valence-electron chi connectivity index (χ3n) is 4.66. The van der Waals surface area contributed by atoms with Crippen LogP contribution in [0.15, 0.2) is 43.0 Å². The predicted octanol–water partition coefficient (Wildman–Crippen LogP) is 3.25. The Morgan fingerprint density at radius 2 is 1.81 bits per heavy atom. The molecular formula is C22H27F2N5O2. The summed E-state index contributed by atoms with van der Waals surface area (Å²) in [6, 6.07) is 5.81. The van der Waals surface area contributed by atoms with Gasteiger partial charge in [0.1, 0.15) is 5.65 Å². The molecule has 166 valence electrons. The van der Waals surface area contributed by atoms with Crippen molar-refractivity contribution < 1.29 is 18.4 Å². The number of alkyl halides is 2. The number of amides is 1.